The molecule has 2 rings (SSSR count). The summed E-state index contributed by atoms with van der Waals surface area (Å²) in [6, 6.07) is 10.9. The van der Waals surface area contributed by atoms with Gasteiger partial charge in [0.05, 0.1) is 0 Å². The zero-order valence-corrected chi connectivity index (χ0v) is 23.5. The van der Waals surface area contributed by atoms with E-state index in [2.05, 4.69) is 52.0 Å². The third kappa shape index (κ3) is 9.30. The molecule has 3 nitrogen and oxygen atoms in total. The van der Waals surface area contributed by atoms with Crippen molar-refractivity contribution in [1.29, 1.82) is 0 Å². The molecule has 0 saturated heterocycles. The Labute approximate surface area is 220 Å². The van der Waals surface area contributed by atoms with E-state index in [0.29, 0.717) is 5.75 Å². The van der Waals surface area contributed by atoms with Crippen LogP contribution in [-0.2, 0) is 25.7 Å². The number of carboxylic acid groups (broad SMARTS) is 1. The highest BCUT2D eigenvalue weighted by molar-refractivity contribution is 5.75. The van der Waals surface area contributed by atoms with Crippen LogP contribution in [0.3, 0.4) is 0 Å². The Hall–Kier alpha value is -2.29. The summed E-state index contributed by atoms with van der Waals surface area (Å²) in [7, 11) is 0. The largest absolute Gasteiger partial charge is 0.511 e. The van der Waals surface area contributed by atoms with Crippen molar-refractivity contribution in [2.45, 2.75) is 130 Å². The van der Waals surface area contributed by atoms with Gasteiger partial charge in [-0.05, 0) is 90.8 Å². The summed E-state index contributed by atoms with van der Waals surface area (Å²) in [6.45, 7) is 8.99. The molecule has 2 aromatic rings. The van der Waals surface area contributed by atoms with Crippen LogP contribution < -0.4 is 4.74 Å². The molecule has 0 amide bonds. The van der Waals surface area contributed by atoms with E-state index in [9.17, 15) is 9.90 Å². The van der Waals surface area contributed by atoms with Crippen LogP contribution in [0.15, 0.2) is 30.3 Å². The average Bonchev–Trinajstić information content (AvgIpc) is 2.87. The summed E-state index contributed by atoms with van der Waals surface area (Å²) < 4.78 is 5.35. The van der Waals surface area contributed by atoms with Gasteiger partial charge in [-0.2, -0.15) is 0 Å². The van der Waals surface area contributed by atoms with E-state index in [1.165, 1.54) is 85.6 Å². The van der Waals surface area contributed by atoms with Gasteiger partial charge in [-0.1, -0.05) is 103 Å². The number of benzene rings is 2. The molecule has 1 N–H and O–H groups in total. The summed E-state index contributed by atoms with van der Waals surface area (Å²) in [5.41, 5.74) is 8.04. The molecule has 0 fully saturated rings. The van der Waals surface area contributed by atoms with E-state index in [1.807, 2.05) is 6.07 Å². The third-order valence-electron chi connectivity index (χ3n) is 7.29. The number of aryl methyl sites for hydroxylation is 1. The summed E-state index contributed by atoms with van der Waals surface area (Å²) in [6.07, 6.45) is 17.0. The Morgan fingerprint density at radius 3 is 1.78 bits per heavy atom. The first-order valence-corrected chi connectivity index (χ1v) is 14.7. The van der Waals surface area contributed by atoms with Crippen molar-refractivity contribution in [2.24, 2.45) is 0 Å². The minimum absolute atomic E-state index is 0.533. The van der Waals surface area contributed by atoms with Crippen LogP contribution in [-0.4, -0.2) is 11.3 Å². The molecular weight excluding hydrogens is 444 g/mol. The molecule has 0 atom stereocenters. The van der Waals surface area contributed by atoms with E-state index < -0.39 is 6.16 Å². The second-order valence-electron chi connectivity index (χ2n) is 10.2. The minimum atomic E-state index is -1.22. The molecule has 0 saturated carbocycles. The second kappa shape index (κ2) is 17.2. The lowest BCUT2D eigenvalue weighted by Gasteiger charge is -2.22. The van der Waals surface area contributed by atoms with Crippen molar-refractivity contribution in [1.82, 2.24) is 0 Å². The third-order valence-corrected chi connectivity index (χ3v) is 7.29. The van der Waals surface area contributed by atoms with E-state index in [4.69, 9.17) is 4.74 Å². The first-order valence-electron chi connectivity index (χ1n) is 14.7. The summed E-state index contributed by atoms with van der Waals surface area (Å²) >= 11 is 0. The molecular formula is C33H50O3. The number of hydrogen-bond donors (Lipinski definition) is 1. The number of rotatable bonds is 18. The standard InChI is InChI=1S/C33H50O3/c1-5-9-13-15-21-29-30(24-25-32(36-33(34)35)31(29)22-16-14-10-6-2)28-23-17-19-26(18-11-7-3)27(28)20-12-8-4/h17,19,23-25H,5-16,18,20-22H2,1-4H3,(H,34,35). The van der Waals surface area contributed by atoms with Crippen LogP contribution in [0.5, 0.6) is 5.75 Å². The maximum atomic E-state index is 11.6. The summed E-state index contributed by atoms with van der Waals surface area (Å²) in [4.78, 5) is 11.6. The van der Waals surface area contributed by atoms with Crippen molar-refractivity contribution in [2.75, 3.05) is 0 Å². The van der Waals surface area contributed by atoms with Crippen molar-refractivity contribution in [3.05, 3.63) is 52.6 Å². The van der Waals surface area contributed by atoms with Crippen LogP contribution in [0.4, 0.5) is 4.79 Å². The fourth-order valence-corrected chi connectivity index (χ4v) is 5.27. The molecule has 0 aliphatic carbocycles. The van der Waals surface area contributed by atoms with Gasteiger partial charge < -0.3 is 9.84 Å². The lowest BCUT2D eigenvalue weighted by Crippen LogP contribution is -2.09. The van der Waals surface area contributed by atoms with Crippen LogP contribution in [0, 0.1) is 0 Å². The molecule has 36 heavy (non-hydrogen) atoms. The highest BCUT2D eigenvalue weighted by Crippen LogP contribution is 2.38. The van der Waals surface area contributed by atoms with Gasteiger partial charge in [-0.15, -0.1) is 0 Å². The average molecular weight is 495 g/mol. The molecule has 0 heterocycles. The zero-order chi connectivity index (χ0) is 26.2. The molecule has 2 aromatic carbocycles. The van der Waals surface area contributed by atoms with Crippen LogP contribution >= 0.6 is 0 Å². The summed E-state index contributed by atoms with van der Waals surface area (Å²) in [5.74, 6) is 0.533. The molecule has 0 aliphatic heterocycles. The number of ether oxygens (including phenoxy) is 1. The van der Waals surface area contributed by atoms with E-state index in [1.54, 1.807) is 0 Å². The van der Waals surface area contributed by atoms with Gasteiger partial charge in [0.2, 0.25) is 0 Å². The highest BCUT2D eigenvalue weighted by atomic mass is 16.7. The van der Waals surface area contributed by atoms with E-state index >= 15 is 0 Å². The van der Waals surface area contributed by atoms with E-state index in [-0.39, 0.29) is 0 Å². The predicted molar refractivity (Wildman–Crippen MR) is 153 cm³/mol. The molecule has 0 aliphatic rings. The number of carbonyl (C=O) groups is 1. The van der Waals surface area contributed by atoms with Gasteiger partial charge in [-0.3, -0.25) is 0 Å². The maximum absolute atomic E-state index is 11.6. The highest BCUT2D eigenvalue weighted by Gasteiger charge is 2.20. The van der Waals surface area contributed by atoms with Gasteiger partial charge in [0.25, 0.3) is 0 Å². The number of hydrogen-bond acceptors (Lipinski definition) is 2. The number of unbranched alkanes of at least 4 members (excludes halogenated alkanes) is 8. The SMILES string of the molecule is CCCCCCc1c(OC(=O)O)ccc(-c2cccc(CCCC)c2CCCC)c1CCCCCC. The topological polar surface area (TPSA) is 46.5 Å². The van der Waals surface area contributed by atoms with Crippen molar-refractivity contribution >= 4 is 6.16 Å². The lowest BCUT2D eigenvalue weighted by atomic mass is 9.84. The molecule has 0 aromatic heterocycles. The van der Waals surface area contributed by atoms with Gasteiger partial charge in [0.1, 0.15) is 5.75 Å². The summed E-state index contributed by atoms with van der Waals surface area (Å²) in [5, 5.41) is 9.46. The molecule has 0 bridgehead atoms. The van der Waals surface area contributed by atoms with Gasteiger partial charge in [0.15, 0.2) is 0 Å². The Balaban J connectivity index is 2.64. The Morgan fingerprint density at radius 2 is 1.17 bits per heavy atom. The Morgan fingerprint density at radius 1 is 0.611 bits per heavy atom. The molecule has 3 heteroatoms. The first kappa shape index (κ1) is 29.9. The van der Waals surface area contributed by atoms with E-state index in [0.717, 1.165) is 50.5 Å². The minimum Gasteiger partial charge on any atom is -0.449 e. The molecule has 0 unspecified atom stereocenters. The Kier molecular flexibility index (Phi) is 14.3. The fraction of sp³-hybridized carbons (Fsp3) is 0.606. The van der Waals surface area contributed by atoms with Crippen molar-refractivity contribution < 1.29 is 14.6 Å². The molecule has 200 valence electrons. The second-order valence-corrected chi connectivity index (χ2v) is 10.2. The first-order chi connectivity index (χ1) is 17.6. The zero-order valence-electron chi connectivity index (χ0n) is 23.5. The Bertz CT molecular complexity index is 915. The normalized spacial score (nSPS) is 11.1. The van der Waals surface area contributed by atoms with Crippen LogP contribution in [0.25, 0.3) is 11.1 Å². The van der Waals surface area contributed by atoms with Gasteiger partial charge >= 0.3 is 6.16 Å². The fourth-order valence-electron chi connectivity index (χ4n) is 5.27. The molecule has 0 radical (unpaired) electrons. The van der Waals surface area contributed by atoms with Crippen LogP contribution in [0.1, 0.15) is 127 Å². The van der Waals surface area contributed by atoms with Gasteiger partial charge in [-0.25, -0.2) is 4.79 Å². The smallest absolute Gasteiger partial charge is 0.449 e. The predicted octanol–water partition coefficient (Wildman–Crippen LogP) is 10.3. The van der Waals surface area contributed by atoms with Crippen molar-refractivity contribution in [3.63, 3.8) is 0 Å². The van der Waals surface area contributed by atoms with Crippen LogP contribution in [0.2, 0.25) is 0 Å². The molecule has 0 spiro atoms. The monoisotopic (exact) mass is 494 g/mol. The van der Waals surface area contributed by atoms with Crippen molar-refractivity contribution in [3.8, 4) is 16.9 Å². The van der Waals surface area contributed by atoms with Gasteiger partial charge in [0, 0.05) is 0 Å². The maximum Gasteiger partial charge on any atom is 0.511 e. The lowest BCUT2D eigenvalue weighted by molar-refractivity contribution is 0.144. The quantitative estimate of drug-likeness (QED) is 0.127.